The van der Waals surface area contributed by atoms with Gasteiger partial charge in [0.2, 0.25) is 0 Å². The van der Waals surface area contributed by atoms with Crippen LogP contribution in [0.4, 0.5) is 0 Å². The Hall–Kier alpha value is -1.60. The average Bonchev–Trinajstić information content (AvgIpc) is 3.90. The Morgan fingerprint density at radius 2 is 1.51 bits per heavy atom. The predicted octanol–water partition coefficient (Wildman–Crippen LogP) is 9.92. The third kappa shape index (κ3) is 5.14. The molecule has 1 spiro atoms. The Morgan fingerprint density at radius 3 is 2.25 bits per heavy atom. The van der Waals surface area contributed by atoms with E-state index >= 15 is 0 Å². The van der Waals surface area contributed by atoms with E-state index in [4.69, 9.17) is 30.2 Å². The van der Waals surface area contributed by atoms with Crippen molar-refractivity contribution < 1.29 is 0 Å². The maximum atomic E-state index is 6.74. The van der Waals surface area contributed by atoms with Crippen molar-refractivity contribution in [1.82, 2.24) is 15.5 Å². The van der Waals surface area contributed by atoms with E-state index in [0.717, 1.165) is 30.2 Å². The first-order valence-corrected chi connectivity index (χ1v) is 24.6. The van der Waals surface area contributed by atoms with Crippen LogP contribution in [-0.2, 0) is 5.41 Å². The average molecular weight is 803 g/mol. The third-order valence-corrected chi connectivity index (χ3v) is 21.6. The van der Waals surface area contributed by atoms with Crippen molar-refractivity contribution in [3.05, 3.63) is 60.2 Å². The van der Waals surface area contributed by atoms with E-state index in [-0.39, 0.29) is 16.2 Å². The smallest absolute Gasteiger partial charge is 0.0819 e. The van der Waals surface area contributed by atoms with Crippen molar-refractivity contribution in [2.75, 3.05) is 19.6 Å². The fourth-order valence-corrected chi connectivity index (χ4v) is 20.6. The van der Waals surface area contributed by atoms with Gasteiger partial charge < -0.3 is 16.4 Å². The molecule has 1 aromatic rings. The number of benzene rings is 1. The maximum Gasteiger partial charge on any atom is 0.0819 e. The van der Waals surface area contributed by atoms with Crippen molar-refractivity contribution in [2.24, 2.45) is 80.2 Å². The SMILES string of the molecule is CC1C=CC=CC1[C@]12CC3CC(C(=S)N[C@H]4CN5CC(C6[C@@]7(C)CC8CC(C(=S)NC9CCC(CN)CC9)(C7)C[C@@]6(c6ccccc6)C8)C6CC645)(C[C@](C)(C3)C1)C2. The number of nitrogens with zero attached hydrogens (tertiary/aromatic N) is 1. The topological polar surface area (TPSA) is 53.3 Å². The molecule has 14 rings (SSSR count). The number of hydrogen-bond donors (Lipinski definition) is 3. The molecule has 12 fully saturated rings. The number of piperidine rings is 1. The summed E-state index contributed by atoms with van der Waals surface area (Å²) in [7, 11) is 0. The third-order valence-electron chi connectivity index (χ3n) is 20.5. The van der Waals surface area contributed by atoms with Gasteiger partial charge in [-0.25, -0.2) is 0 Å². The molecule has 0 aromatic heterocycles. The van der Waals surface area contributed by atoms with Crippen molar-refractivity contribution in [1.29, 1.82) is 0 Å². The lowest BCUT2D eigenvalue weighted by atomic mass is 9.33. The minimum atomic E-state index is 0.130. The lowest BCUT2D eigenvalue weighted by molar-refractivity contribution is -0.161. The molecule has 4 N–H and O–H groups in total. The molecule has 11 aliphatic carbocycles. The molecule has 15 atom stereocenters. The first kappa shape index (κ1) is 37.2. The minimum Gasteiger partial charge on any atom is -0.376 e. The molecule has 57 heavy (non-hydrogen) atoms. The van der Waals surface area contributed by atoms with Crippen molar-refractivity contribution in [3.63, 3.8) is 0 Å². The summed E-state index contributed by atoms with van der Waals surface area (Å²) >= 11 is 13.4. The van der Waals surface area contributed by atoms with Gasteiger partial charge in [-0.15, -0.1) is 0 Å². The Balaban J connectivity index is 0.811. The number of rotatable bonds is 8. The largest absolute Gasteiger partial charge is 0.376 e. The monoisotopic (exact) mass is 803 g/mol. The van der Waals surface area contributed by atoms with Crippen LogP contribution >= 0.6 is 24.4 Å². The van der Waals surface area contributed by atoms with Gasteiger partial charge in [0.25, 0.3) is 0 Å². The second-order valence-corrected chi connectivity index (χ2v) is 25.0. The van der Waals surface area contributed by atoms with E-state index in [1.54, 1.807) is 5.56 Å². The Labute approximate surface area is 354 Å². The molecule has 10 unspecified atom stereocenters. The van der Waals surface area contributed by atoms with Crippen LogP contribution in [0.25, 0.3) is 0 Å². The van der Waals surface area contributed by atoms with Crippen LogP contribution in [0, 0.1) is 74.4 Å². The predicted molar refractivity (Wildman–Crippen MR) is 240 cm³/mol. The highest BCUT2D eigenvalue weighted by atomic mass is 32.1. The number of allylic oxidation sites excluding steroid dienone is 4. The molecule has 13 aliphatic rings. The fourth-order valence-electron chi connectivity index (χ4n) is 19.8. The molecule has 0 amide bonds. The minimum absolute atomic E-state index is 0.130. The first-order valence-electron chi connectivity index (χ1n) is 23.8. The zero-order valence-corrected chi connectivity index (χ0v) is 36.9. The van der Waals surface area contributed by atoms with Crippen LogP contribution in [0.3, 0.4) is 0 Å². The van der Waals surface area contributed by atoms with Crippen LogP contribution in [0.5, 0.6) is 0 Å². The molecule has 6 heteroatoms. The van der Waals surface area contributed by atoms with E-state index in [1.807, 2.05) is 0 Å². The zero-order valence-electron chi connectivity index (χ0n) is 35.2. The molecule has 306 valence electrons. The highest BCUT2D eigenvalue weighted by Gasteiger charge is 2.80. The Morgan fingerprint density at radius 1 is 0.772 bits per heavy atom. The standard InChI is InChI=1S/C51H70N4S2/c1-32-9-7-8-12-39(32)47-19-34-17-45(2,27-47)28-48(20-34,30-47)44(57)54-41-26-55-25-38(40-23-51(40,41)55)42-46(3)18-35-21-49(29-46,31-50(42,22-35)36-10-5-4-6-11-36)43(56)53-37-15-13-33(24-52)14-16-37/h4-12,32-35,37-42H,13-31,52H2,1-3H3,(H,53,56)(H,54,57)/t32?,33?,34?,35?,37?,38?,39?,40?,41-,42?,45+,46-,47+,48?,49?,50+,51?/m0/s1. The molecule has 2 saturated heterocycles. The van der Waals surface area contributed by atoms with E-state index in [2.05, 4.69) is 90.9 Å². The summed E-state index contributed by atoms with van der Waals surface area (Å²) < 4.78 is 0. The van der Waals surface area contributed by atoms with Crippen molar-refractivity contribution in [3.8, 4) is 0 Å². The molecular formula is C51H70N4S2. The molecule has 0 radical (unpaired) electrons. The summed E-state index contributed by atoms with van der Waals surface area (Å²) in [4.78, 5) is 5.48. The van der Waals surface area contributed by atoms with E-state index < -0.39 is 0 Å². The molecule has 1 aromatic carbocycles. The lowest BCUT2D eigenvalue weighted by Gasteiger charge is -2.71. The van der Waals surface area contributed by atoms with Crippen LogP contribution in [0.15, 0.2) is 54.6 Å². The summed E-state index contributed by atoms with van der Waals surface area (Å²) in [6.45, 7) is 11.2. The Bertz CT molecular complexity index is 1920. The summed E-state index contributed by atoms with van der Waals surface area (Å²) in [5.74, 6) is 5.86. The Kier molecular flexibility index (Phi) is 8.01. The summed E-state index contributed by atoms with van der Waals surface area (Å²) in [5.41, 5.74) is 9.74. The zero-order chi connectivity index (χ0) is 38.8. The first-order chi connectivity index (χ1) is 27.3. The van der Waals surface area contributed by atoms with Crippen molar-refractivity contribution in [2.45, 2.75) is 147 Å². The van der Waals surface area contributed by atoms with E-state index in [9.17, 15) is 0 Å². The summed E-state index contributed by atoms with van der Waals surface area (Å²) in [6.07, 6.45) is 30.9. The van der Waals surface area contributed by atoms with Gasteiger partial charge in [-0.2, -0.15) is 0 Å². The molecule has 2 heterocycles. The molecule has 10 saturated carbocycles. The molecule has 4 nitrogen and oxygen atoms in total. The maximum absolute atomic E-state index is 6.74. The summed E-state index contributed by atoms with van der Waals surface area (Å²) in [5, 5.41) is 8.39. The van der Waals surface area contributed by atoms with Crippen LogP contribution in [0.2, 0.25) is 0 Å². The highest BCUT2D eigenvalue weighted by Crippen LogP contribution is 2.79. The normalized spacial score (nSPS) is 54.6. The van der Waals surface area contributed by atoms with Gasteiger partial charge in [0.1, 0.15) is 0 Å². The second kappa shape index (κ2) is 12.3. The number of hydrogen-bond acceptors (Lipinski definition) is 4. The number of thiocarbonyl (C=S) groups is 2. The lowest BCUT2D eigenvalue weighted by Crippen LogP contribution is -2.70. The van der Waals surface area contributed by atoms with Crippen molar-refractivity contribution >= 4 is 34.4 Å². The van der Waals surface area contributed by atoms with Gasteiger partial charge in [0.15, 0.2) is 0 Å². The van der Waals surface area contributed by atoms with E-state index in [0.29, 0.717) is 57.5 Å². The number of nitrogens with two attached hydrogens (primary N) is 1. The van der Waals surface area contributed by atoms with Crippen LogP contribution < -0.4 is 16.4 Å². The summed E-state index contributed by atoms with van der Waals surface area (Å²) in [6, 6.07) is 13.0. The van der Waals surface area contributed by atoms with Gasteiger partial charge in [0, 0.05) is 40.9 Å². The second-order valence-electron chi connectivity index (χ2n) is 24.2. The van der Waals surface area contributed by atoms with Gasteiger partial charge in [-0.05, 0) is 178 Å². The molecule has 2 aliphatic heterocycles. The molecule has 8 bridgehead atoms. The fraction of sp³-hybridized carbons (Fsp3) is 0.765. The van der Waals surface area contributed by atoms with Crippen LogP contribution in [-0.4, -0.2) is 52.1 Å². The highest BCUT2D eigenvalue weighted by molar-refractivity contribution is 7.80. The van der Waals surface area contributed by atoms with Gasteiger partial charge in [-0.1, -0.05) is 99.8 Å². The van der Waals surface area contributed by atoms with Crippen LogP contribution in [0.1, 0.15) is 129 Å². The van der Waals surface area contributed by atoms with Gasteiger partial charge >= 0.3 is 0 Å². The van der Waals surface area contributed by atoms with Gasteiger partial charge in [0.05, 0.1) is 16.0 Å². The van der Waals surface area contributed by atoms with Gasteiger partial charge in [-0.3, -0.25) is 4.90 Å². The van der Waals surface area contributed by atoms with E-state index in [1.165, 1.54) is 126 Å². The number of nitrogens with one attached hydrogen (secondary N) is 2. The molecular weight excluding hydrogens is 733 g/mol. The quantitative estimate of drug-likeness (QED) is 0.228.